The molecule has 84 valence electrons. The number of benzene rings is 2. The Morgan fingerprint density at radius 1 is 1.00 bits per heavy atom. The third-order valence-corrected chi connectivity index (χ3v) is 2.77. The second kappa shape index (κ2) is 3.52. The van der Waals surface area contributed by atoms with Crippen LogP contribution in [-0.2, 0) is 0 Å². The highest BCUT2D eigenvalue weighted by atomic mass is 16.1. The number of imidazole rings is 1. The highest BCUT2D eigenvalue weighted by molar-refractivity contribution is 5.88. The normalized spacial score (nSPS) is 10.8. The Morgan fingerprint density at radius 3 is 2.53 bits per heavy atom. The number of nitrogens with one attached hydrogen (secondary N) is 1. The van der Waals surface area contributed by atoms with Crippen molar-refractivity contribution in [2.75, 3.05) is 5.73 Å². The van der Waals surface area contributed by atoms with Gasteiger partial charge < -0.3 is 10.7 Å². The van der Waals surface area contributed by atoms with E-state index in [4.69, 9.17) is 5.73 Å². The van der Waals surface area contributed by atoms with Gasteiger partial charge in [-0.15, -0.1) is 0 Å². The van der Waals surface area contributed by atoms with Gasteiger partial charge in [0.25, 0.3) is 0 Å². The molecule has 0 saturated heterocycles. The van der Waals surface area contributed by atoms with Crippen LogP contribution in [-0.4, -0.2) is 9.55 Å². The van der Waals surface area contributed by atoms with Crippen LogP contribution in [0.2, 0.25) is 0 Å². The number of nitrogens with two attached hydrogens (primary N) is 1. The van der Waals surface area contributed by atoms with Crippen LogP contribution in [0, 0.1) is 0 Å². The fourth-order valence-corrected chi connectivity index (χ4v) is 1.99. The van der Waals surface area contributed by atoms with Gasteiger partial charge in [0.1, 0.15) is 0 Å². The van der Waals surface area contributed by atoms with E-state index in [0.29, 0.717) is 11.2 Å². The van der Waals surface area contributed by atoms with Crippen molar-refractivity contribution in [1.29, 1.82) is 0 Å². The Morgan fingerprint density at radius 2 is 1.76 bits per heavy atom. The van der Waals surface area contributed by atoms with E-state index in [-0.39, 0.29) is 5.69 Å². The summed E-state index contributed by atoms with van der Waals surface area (Å²) in [6, 6.07) is 15.0. The molecule has 0 spiro atoms. The maximum Gasteiger partial charge on any atom is 0.331 e. The predicted molar refractivity (Wildman–Crippen MR) is 68.3 cm³/mol. The number of anilines is 1. The molecule has 3 aromatic rings. The number of nitrogen functional groups attached to an aromatic ring is 1. The molecule has 1 aromatic heterocycles. The minimum Gasteiger partial charge on any atom is -0.397 e. The first kappa shape index (κ1) is 9.72. The number of hydrogen-bond donors (Lipinski definition) is 2. The van der Waals surface area contributed by atoms with Crippen LogP contribution < -0.4 is 11.4 Å². The number of aromatic amines is 1. The molecule has 3 N–H and O–H groups in total. The number of para-hydroxylation sites is 2. The largest absolute Gasteiger partial charge is 0.397 e. The quantitative estimate of drug-likeness (QED) is 0.621. The van der Waals surface area contributed by atoms with Crippen molar-refractivity contribution in [3.8, 4) is 5.69 Å². The maximum absolute atomic E-state index is 11.9. The summed E-state index contributed by atoms with van der Waals surface area (Å²) in [5, 5.41) is 0. The zero-order chi connectivity index (χ0) is 11.8. The molecule has 17 heavy (non-hydrogen) atoms. The number of rotatable bonds is 1. The average Bonchev–Trinajstić information content (AvgIpc) is 2.68. The van der Waals surface area contributed by atoms with Crippen LogP contribution in [0.25, 0.3) is 16.7 Å². The van der Waals surface area contributed by atoms with Crippen molar-refractivity contribution in [1.82, 2.24) is 9.55 Å². The lowest BCUT2D eigenvalue weighted by molar-refractivity contribution is 1.02. The molecule has 1 heterocycles. The Balaban J connectivity index is 2.42. The molecule has 0 aliphatic heterocycles. The Labute approximate surface area is 97.3 Å². The number of aromatic nitrogens is 2. The van der Waals surface area contributed by atoms with E-state index >= 15 is 0 Å². The summed E-state index contributed by atoms with van der Waals surface area (Å²) in [5.41, 5.74) is 8.54. The van der Waals surface area contributed by atoms with E-state index in [1.54, 1.807) is 10.6 Å². The van der Waals surface area contributed by atoms with E-state index in [0.717, 1.165) is 11.2 Å². The van der Waals surface area contributed by atoms with Gasteiger partial charge in [0.05, 0.1) is 22.4 Å². The van der Waals surface area contributed by atoms with Crippen molar-refractivity contribution in [2.24, 2.45) is 0 Å². The van der Waals surface area contributed by atoms with E-state index in [9.17, 15) is 4.79 Å². The summed E-state index contributed by atoms with van der Waals surface area (Å²) in [7, 11) is 0. The molecule has 0 amide bonds. The molecule has 3 rings (SSSR count). The van der Waals surface area contributed by atoms with Crippen LogP contribution in [0.3, 0.4) is 0 Å². The fourth-order valence-electron chi connectivity index (χ4n) is 1.99. The second-order valence-corrected chi connectivity index (χ2v) is 3.84. The lowest BCUT2D eigenvalue weighted by Crippen LogP contribution is -2.14. The van der Waals surface area contributed by atoms with Gasteiger partial charge in [0, 0.05) is 0 Å². The van der Waals surface area contributed by atoms with Crippen molar-refractivity contribution < 1.29 is 0 Å². The van der Waals surface area contributed by atoms with Gasteiger partial charge in [-0.3, -0.25) is 4.57 Å². The van der Waals surface area contributed by atoms with Crippen LogP contribution in [0.4, 0.5) is 5.69 Å². The molecule has 0 fully saturated rings. The summed E-state index contributed by atoms with van der Waals surface area (Å²) < 4.78 is 1.62. The summed E-state index contributed by atoms with van der Waals surface area (Å²) in [5.74, 6) is 0. The number of hydrogen-bond acceptors (Lipinski definition) is 2. The van der Waals surface area contributed by atoms with Crippen molar-refractivity contribution >= 4 is 16.7 Å². The van der Waals surface area contributed by atoms with Gasteiger partial charge in [-0.05, 0) is 24.3 Å². The van der Waals surface area contributed by atoms with Gasteiger partial charge >= 0.3 is 5.69 Å². The first-order chi connectivity index (χ1) is 8.27. The summed E-state index contributed by atoms with van der Waals surface area (Å²) in [4.78, 5) is 14.7. The van der Waals surface area contributed by atoms with Gasteiger partial charge in [-0.25, -0.2) is 4.79 Å². The van der Waals surface area contributed by atoms with E-state index in [1.165, 1.54) is 0 Å². The molecule has 0 atom stereocenters. The van der Waals surface area contributed by atoms with Gasteiger partial charge in [-0.1, -0.05) is 24.3 Å². The number of fused-ring (bicyclic) bond motifs is 1. The van der Waals surface area contributed by atoms with Gasteiger partial charge in [-0.2, -0.15) is 0 Å². The van der Waals surface area contributed by atoms with Crippen LogP contribution in [0.1, 0.15) is 0 Å². The first-order valence-corrected chi connectivity index (χ1v) is 5.32. The van der Waals surface area contributed by atoms with Crippen LogP contribution in [0.15, 0.2) is 53.3 Å². The van der Waals surface area contributed by atoms with Crippen molar-refractivity contribution in [3.05, 3.63) is 59.0 Å². The molecule has 4 nitrogen and oxygen atoms in total. The highest BCUT2D eigenvalue weighted by Crippen LogP contribution is 2.19. The lowest BCUT2D eigenvalue weighted by Gasteiger charge is -2.02. The predicted octanol–water partition coefficient (Wildman–Crippen LogP) is 1.90. The minimum atomic E-state index is -0.177. The first-order valence-electron chi connectivity index (χ1n) is 5.32. The second-order valence-electron chi connectivity index (χ2n) is 3.84. The van der Waals surface area contributed by atoms with Crippen LogP contribution in [0.5, 0.6) is 0 Å². The molecule has 0 aliphatic carbocycles. The van der Waals surface area contributed by atoms with Crippen molar-refractivity contribution in [2.45, 2.75) is 0 Å². The fraction of sp³-hybridized carbons (Fsp3) is 0. The third kappa shape index (κ3) is 1.42. The monoisotopic (exact) mass is 225 g/mol. The van der Waals surface area contributed by atoms with E-state index in [1.807, 2.05) is 42.5 Å². The molecular weight excluding hydrogens is 214 g/mol. The summed E-state index contributed by atoms with van der Waals surface area (Å²) >= 11 is 0. The number of H-pyrrole nitrogens is 1. The molecule has 2 aromatic carbocycles. The smallest absolute Gasteiger partial charge is 0.331 e. The van der Waals surface area contributed by atoms with Crippen molar-refractivity contribution in [3.63, 3.8) is 0 Å². The van der Waals surface area contributed by atoms with Crippen LogP contribution >= 0.6 is 0 Å². The summed E-state index contributed by atoms with van der Waals surface area (Å²) in [6.07, 6.45) is 0. The lowest BCUT2D eigenvalue weighted by atomic mass is 10.2. The van der Waals surface area contributed by atoms with E-state index < -0.39 is 0 Å². The number of nitrogens with zero attached hydrogens (tertiary/aromatic N) is 1. The zero-order valence-corrected chi connectivity index (χ0v) is 9.05. The van der Waals surface area contributed by atoms with Gasteiger partial charge in [0.15, 0.2) is 0 Å². The SMILES string of the molecule is Nc1cccc2c1[nH]c(=O)n2-c1ccccc1. The Kier molecular flexibility index (Phi) is 2.01. The molecule has 0 radical (unpaired) electrons. The molecule has 0 bridgehead atoms. The molecular formula is C13H11N3O. The maximum atomic E-state index is 11.9. The third-order valence-electron chi connectivity index (χ3n) is 2.77. The van der Waals surface area contributed by atoms with E-state index in [2.05, 4.69) is 4.98 Å². The Bertz CT molecular complexity index is 725. The molecule has 4 heteroatoms. The summed E-state index contributed by atoms with van der Waals surface area (Å²) in [6.45, 7) is 0. The molecule has 0 aliphatic rings. The zero-order valence-electron chi connectivity index (χ0n) is 9.05. The minimum absolute atomic E-state index is 0.177. The van der Waals surface area contributed by atoms with Gasteiger partial charge in [0.2, 0.25) is 0 Å². The molecule has 0 saturated carbocycles. The topological polar surface area (TPSA) is 63.8 Å². The highest BCUT2D eigenvalue weighted by Gasteiger charge is 2.09. The Hall–Kier alpha value is -2.49. The standard InChI is InChI=1S/C13H11N3O/c14-10-7-4-8-11-12(10)15-13(17)16(11)9-5-2-1-3-6-9/h1-8H,14H2,(H,15,17). The molecule has 0 unspecified atom stereocenters. The average molecular weight is 225 g/mol.